The second-order valence-corrected chi connectivity index (χ2v) is 5.68. The summed E-state index contributed by atoms with van der Waals surface area (Å²) >= 11 is 0. The van der Waals surface area contributed by atoms with E-state index in [1.165, 1.54) is 58.8 Å². The summed E-state index contributed by atoms with van der Waals surface area (Å²) in [6.07, 6.45) is 2.57. The van der Waals surface area contributed by atoms with Gasteiger partial charge in [0.1, 0.15) is 17.1 Å². The average molecular weight is 403 g/mol. The van der Waals surface area contributed by atoms with E-state index in [2.05, 4.69) is 10.1 Å². The third kappa shape index (κ3) is 4.95. The van der Waals surface area contributed by atoms with Crippen LogP contribution in [0.2, 0.25) is 0 Å². The van der Waals surface area contributed by atoms with Crippen molar-refractivity contribution in [2.75, 3.05) is 33.8 Å². The molecule has 2 rings (SSSR count). The number of ether oxygens (including phenoxy) is 4. The molecule has 9 nitrogen and oxygen atoms in total. The molecular weight excluding hydrogens is 382 g/mol. The number of hydrogen-bond donors (Lipinski definition) is 1. The zero-order valence-corrected chi connectivity index (χ0v) is 16.7. The molecule has 0 atom stereocenters. The molecule has 1 amide bonds. The highest BCUT2D eigenvalue weighted by Gasteiger charge is 2.19. The highest BCUT2D eigenvalue weighted by atomic mass is 16.5. The largest absolute Gasteiger partial charge is 0.493 e. The fourth-order valence-electron chi connectivity index (χ4n) is 2.49. The lowest BCUT2D eigenvalue weighted by molar-refractivity contribution is -0.111. The number of furan rings is 1. The van der Waals surface area contributed by atoms with Crippen LogP contribution in [0.5, 0.6) is 11.5 Å². The smallest absolute Gasteiger partial charge is 0.341 e. The van der Waals surface area contributed by atoms with Gasteiger partial charge in [-0.2, -0.15) is 0 Å². The Hall–Kier alpha value is -3.75. The van der Waals surface area contributed by atoms with Crippen molar-refractivity contribution in [3.05, 3.63) is 46.9 Å². The van der Waals surface area contributed by atoms with E-state index in [4.69, 9.17) is 18.6 Å². The van der Waals surface area contributed by atoms with Crippen molar-refractivity contribution in [3.63, 3.8) is 0 Å². The van der Waals surface area contributed by atoms with Crippen LogP contribution in [-0.4, -0.2) is 46.3 Å². The summed E-state index contributed by atoms with van der Waals surface area (Å²) < 4.78 is 25.2. The van der Waals surface area contributed by atoms with E-state index in [0.29, 0.717) is 23.0 Å². The third-order valence-corrected chi connectivity index (χ3v) is 3.93. The normalized spacial score (nSPS) is 10.5. The summed E-state index contributed by atoms with van der Waals surface area (Å²) in [5, 5.41) is 2.58. The van der Waals surface area contributed by atoms with Gasteiger partial charge in [0.05, 0.1) is 39.7 Å². The Morgan fingerprint density at radius 3 is 2.07 bits per heavy atom. The average Bonchev–Trinajstić information content (AvgIpc) is 3.11. The van der Waals surface area contributed by atoms with Crippen molar-refractivity contribution in [3.8, 4) is 11.5 Å². The van der Waals surface area contributed by atoms with Crippen LogP contribution in [0.4, 0.5) is 5.69 Å². The molecule has 2 aromatic rings. The zero-order chi connectivity index (χ0) is 21.6. The second kappa shape index (κ2) is 9.45. The number of rotatable bonds is 7. The molecule has 9 heteroatoms. The van der Waals surface area contributed by atoms with E-state index in [9.17, 15) is 14.4 Å². The first kappa shape index (κ1) is 21.5. The van der Waals surface area contributed by atoms with Gasteiger partial charge in [0, 0.05) is 18.2 Å². The highest BCUT2D eigenvalue weighted by molar-refractivity contribution is 6.07. The molecule has 29 heavy (non-hydrogen) atoms. The quantitative estimate of drug-likeness (QED) is 0.555. The maximum absolute atomic E-state index is 12.3. The molecule has 0 fully saturated rings. The van der Waals surface area contributed by atoms with E-state index >= 15 is 0 Å². The Bertz CT molecular complexity index is 958. The maximum atomic E-state index is 12.3. The van der Waals surface area contributed by atoms with Gasteiger partial charge in [0.15, 0.2) is 11.5 Å². The molecule has 1 heterocycles. The van der Waals surface area contributed by atoms with Crippen molar-refractivity contribution < 1.29 is 37.7 Å². The summed E-state index contributed by atoms with van der Waals surface area (Å²) in [4.78, 5) is 36.0. The summed E-state index contributed by atoms with van der Waals surface area (Å²) in [5.41, 5.74) is 0.532. The minimum Gasteiger partial charge on any atom is -0.493 e. The molecule has 0 spiro atoms. The summed E-state index contributed by atoms with van der Waals surface area (Å²) in [7, 11) is 5.34. The number of hydrogen-bond acceptors (Lipinski definition) is 8. The number of aryl methyl sites for hydroxylation is 1. The molecule has 0 saturated carbocycles. The standard InChI is InChI=1S/C20H21NO8/c1-11-13(19(23)27-4)8-12(29-11)6-7-18(22)21-15-10-17(26-3)16(25-2)9-14(15)20(24)28-5/h6-10H,1-5H3,(H,21,22). The Morgan fingerprint density at radius 1 is 0.897 bits per heavy atom. The molecular formula is C20H21NO8. The first-order valence-corrected chi connectivity index (χ1v) is 8.36. The van der Waals surface area contributed by atoms with Gasteiger partial charge in [0.25, 0.3) is 0 Å². The molecule has 1 N–H and O–H groups in total. The molecule has 0 bridgehead atoms. The van der Waals surface area contributed by atoms with E-state index in [1.807, 2.05) is 0 Å². The first-order valence-electron chi connectivity index (χ1n) is 8.36. The van der Waals surface area contributed by atoms with E-state index < -0.39 is 17.8 Å². The lowest BCUT2D eigenvalue weighted by Gasteiger charge is -2.13. The Kier molecular flexibility index (Phi) is 7.02. The lowest BCUT2D eigenvalue weighted by Crippen LogP contribution is -2.13. The molecule has 0 aliphatic rings. The van der Waals surface area contributed by atoms with Gasteiger partial charge < -0.3 is 28.7 Å². The van der Waals surface area contributed by atoms with E-state index in [0.717, 1.165) is 0 Å². The number of benzene rings is 1. The van der Waals surface area contributed by atoms with Crippen molar-refractivity contribution in [2.24, 2.45) is 0 Å². The number of nitrogens with one attached hydrogen (secondary N) is 1. The van der Waals surface area contributed by atoms with Crippen LogP contribution >= 0.6 is 0 Å². The molecule has 0 saturated heterocycles. The summed E-state index contributed by atoms with van der Waals surface area (Å²) in [6.45, 7) is 1.61. The van der Waals surface area contributed by atoms with Gasteiger partial charge in [-0.25, -0.2) is 9.59 Å². The Labute approximate surface area is 167 Å². The number of carbonyl (C=O) groups is 3. The third-order valence-electron chi connectivity index (χ3n) is 3.93. The fourth-order valence-corrected chi connectivity index (χ4v) is 2.49. The molecule has 0 radical (unpaired) electrons. The van der Waals surface area contributed by atoms with Gasteiger partial charge in [0.2, 0.25) is 5.91 Å². The minimum atomic E-state index is -0.658. The van der Waals surface area contributed by atoms with Crippen molar-refractivity contribution in [1.82, 2.24) is 0 Å². The van der Waals surface area contributed by atoms with Crippen LogP contribution in [0.3, 0.4) is 0 Å². The number of esters is 2. The van der Waals surface area contributed by atoms with Crippen LogP contribution in [0.25, 0.3) is 6.08 Å². The van der Waals surface area contributed by atoms with Crippen LogP contribution in [0, 0.1) is 6.92 Å². The van der Waals surface area contributed by atoms with Gasteiger partial charge in [-0.1, -0.05) is 0 Å². The van der Waals surface area contributed by atoms with Crippen molar-refractivity contribution >= 4 is 29.6 Å². The van der Waals surface area contributed by atoms with E-state index in [1.54, 1.807) is 6.92 Å². The summed E-state index contributed by atoms with van der Waals surface area (Å²) in [6, 6.07) is 4.31. The van der Waals surface area contributed by atoms with Gasteiger partial charge in [-0.15, -0.1) is 0 Å². The number of amides is 1. The van der Waals surface area contributed by atoms with E-state index in [-0.39, 0.29) is 16.8 Å². The molecule has 0 aliphatic carbocycles. The number of methoxy groups -OCH3 is 4. The lowest BCUT2D eigenvalue weighted by atomic mass is 10.1. The number of anilines is 1. The van der Waals surface area contributed by atoms with Crippen molar-refractivity contribution in [2.45, 2.75) is 6.92 Å². The minimum absolute atomic E-state index is 0.0914. The van der Waals surface area contributed by atoms with Crippen LogP contribution < -0.4 is 14.8 Å². The molecule has 0 aliphatic heterocycles. The van der Waals surface area contributed by atoms with Crippen LogP contribution in [0.1, 0.15) is 32.2 Å². The topological polar surface area (TPSA) is 113 Å². The maximum Gasteiger partial charge on any atom is 0.341 e. The Morgan fingerprint density at radius 2 is 1.48 bits per heavy atom. The van der Waals surface area contributed by atoms with Gasteiger partial charge >= 0.3 is 11.9 Å². The highest BCUT2D eigenvalue weighted by Crippen LogP contribution is 2.33. The number of carbonyl (C=O) groups excluding carboxylic acids is 3. The fraction of sp³-hybridized carbons (Fsp3) is 0.250. The van der Waals surface area contributed by atoms with Gasteiger partial charge in [-0.3, -0.25) is 4.79 Å². The first-order chi connectivity index (χ1) is 13.8. The summed E-state index contributed by atoms with van der Waals surface area (Å²) in [5.74, 6) is -0.455. The molecule has 0 unspecified atom stereocenters. The monoisotopic (exact) mass is 403 g/mol. The predicted octanol–water partition coefficient (Wildman–Crippen LogP) is 2.83. The van der Waals surface area contributed by atoms with Crippen LogP contribution in [0.15, 0.2) is 28.7 Å². The van der Waals surface area contributed by atoms with Crippen molar-refractivity contribution in [1.29, 1.82) is 0 Å². The SMILES string of the molecule is COC(=O)c1cc(OC)c(OC)cc1NC(=O)C=Cc1cc(C(=O)OC)c(C)o1. The second-order valence-electron chi connectivity index (χ2n) is 5.68. The predicted molar refractivity (Wildman–Crippen MR) is 103 cm³/mol. The molecule has 154 valence electrons. The van der Waals surface area contributed by atoms with Gasteiger partial charge in [-0.05, 0) is 19.1 Å². The van der Waals surface area contributed by atoms with Crippen LogP contribution in [-0.2, 0) is 14.3 Å². The molecule has 1 aromatic carbocycles. The Balaban J connectivity index is 2.27. The zero-order valence-electron chi connectivity index (χ0n) is 16.7. The molecule has 1 aromatic heterocycles.